The van der Waals surface area contributed by atoms with Crippen LogP contribution in [0.3, 0.4) is 0 Å². The Morgan fingerprint density at radius 1 is 1.50 bits per heavy atom. The van der Waals surface area contributed by atoms with E-state index < -0.39 is 0 Å². The summed E-state index contributed by atoms with van der Waals surface area (Å²) in [5, 5.41) is 3.07. The van der Waals surface area contributed by atoms with Crippen molar-refractivity contribution in [2.24, 2.45) is 11.7 Å². The highest BCUT2D eigenvalue weighted by Crippen LogP contribution is 2.38. The Labute approximate surface area is 96.9 Å². The molecule has 16 heavy (non-hydrogen) atoms. The number of hydrogen-bond acceptors (Lipinski definition) is 3. The van der Waals surface area contributed by atoms with Gasteiger partial charge in [0.25, 0.3) is 0 Å². The lowest BCUT2D eigenvalue weighted by Crippen LogP contribution is -2.43. The zero-order valence-corrected chi connectivity index (χ0v) is 9.95. The number of carbonyl (C=O) groups is 1. The largest absolute Gasteiger partial charge is 0.376 e. The van der Waals surface area contributed by atoms with Crippen LogP contribution in [0.15, 0.2) is 0 Å². The number of nitrogens with one attached hydrogen (secondary N) is 1. The molecule has 0 spiro atoms. The minimum absolute atomic E-state index is 0.0123. The van der Waals surface area contributed by atoms with Crippen molar-refractivity contribution in [3.63, 3.8) is 0 Å². The Kier molecular flexibility index (Phi) is 3.82. The van der Waals surface area contributed by atoms with Crippen molar-refractivity contribution in [3.05, 3.63) is 0 Å². The first-order chi connectivity index (χ1) is 7.70. The van der Waals surface area contributed by atoms with E-state index in [1.807, 2.05) is 6.92 Å². The van der Waals surface area contributed by atoms with E-state index in [0.29, 0.717) is 12.3 Å². The van der Waals surface area contributed by atoms with E-state index in [4.69, 9.17) is 10.5 Å². The molecule has 0 bridgehead atoms. The first-order valence-electron chi connectivity index (χ1n) is 6.37. The number of ether oxygens (including phenoxy) is 1. The molecule has 1 amide bonds. The summed E-state index contributed by atoms with van der Waals surface area (Å²) >= 11 is 0. The van der Waals surface area contributed by atoms with E-state index in [-0.39, 0.29) is 24.1 Å². The summed E-state index contributed by atoms with van der Waals surface area (Å²) in [6.45, 7) is 2.79. The summed E-state index contributed by atoms with van der Waals surface area (Å²) in [5.74, 6) is 0.767. The highest BCUT2D eigenvalue weighted by molar-refractivity contribution is 5.77. The molecule has 1 saturated heterocycles. The Hall–Kier alpha value is -0.610. The summed E-state index contributed by atoms with van der Waals surface area (Å²) in [5.41, 5.74) is 5.76. The number of nitrogens with two attached hydrogens (primary N) is 1. The number of amides is 1. The second-order valence-corrected chi connectivity index (χ2v) is 5.01. The van der Waals surface area contributed by atoms with Gasteiger partial charge >= 0.3 is 0 Å². The molecule has 0 aromatic carbocycles. The quantitative estimate of drug-likeness (QED) is 0.728. The summed E-state index contributed by atoms with van der Waals surface area (Å²) < 4.78 is 5.68. The maximum Gasteiger partial charge on any atom is 0.221 e. The molecule has 0 aromatic heterocycles. The van der Waals surface area contributed by atoms with Gasteiger partial charge in [-0.3, -0.25) is 4.79 Å². The molecule has 2 aliphatic rings. The minimum Gasteiger partial charge on any atom is -0.376 e. The van der Waals surface area contributed by atoms with Crippen LogP contribution < -0.4 is 11.1 Å². The van der Waals surface area contributed by atoms with Gasteiger partial charge in [0.2, 0.25) is 5.91 Å². The molecule has 3 N–H and O–H groups in total. The second kappa shape index (κ2) is 5.15. The average Bonchev–Trinajstić information content (AvgIpc) is 3.00. The van der Waals surface area contributed by atoms with Gasteiger partial charge in [-0.2, -0.15) is 0 Å². The van der Waals surface area contributed by atoms with Crippen molar-refractivity contribution in [1.29, 1.82) is 0 Å². The van der Waals surface area contributed by atoms with Crippen LogP contribution in [0.5, 0.6) is 0 Å². The normalized spacial score (nSPS) is 31.4. The summed E-state index contributed by atoms with van der Waals surface area (Å²) in [7, 11) is 0. The zero-order valence-electron chi connectivity index (χ0n) is 9.95. The molecule has 1 aliphatic carbocycles. The van der Waals surface area contributed by atoms with Crippen LogP contribution in [0.4, 0.5) is 0 Å². The van der Waals surface area contributed by atoms with Crippen LogP contribution in [0.25, 0.3) is 0 Å². The van der Waals surface area contributed by atoms with E-state index in [0.717, 1.165) is 19.4 Å². The van der Waals surface area contributed by atoms with Crippen LogP contribution in [0.1, 0.15) is 39.0 Å². The fraction of sp³-hybridized carbons (Fsp3) is 0.917. The standard InChI is InChI=1S/C12H22N2O2/c1-2-9(13)7-11(15)14-10-5-6-16-12(10)8-3-4-8/h8-10,12H,2-7,13H2,1H3,(H,14,15). The van der Waals surface area contributed by atoms with E-state index in [9.17, 15) is 4.79 Å². The molecule has 1 saturated carbocycles. The molecule has 1 heterocycles. The highest BCUT2D eigenvalue weighted by Gasteiger charge is 2.41. The van der Waals surface area contributed by atoms with Gasteiger partial charge in [0, 0.05) is 19.1 Å². The first kappa shape index (κ1) is 11.9. The third kappa shape index (κ3) is 2.95. The molecular weight excluding hydrogens is 204 g/mol. The van der Waals surface area contributed by atoms with Crippen LogP contribution in [0.2, 0.25) is 0 Å². The smallest absolute Gasteiger partial charge is 0.221 e. The van der Waals surface area contributed by atoms with E-state index in [1.54, 1.807) is 0 Å². The molecule has 2 rings (SSSR count). The van der Waals surface area contributed by atoms with Gasteiger partial charge in [-0.15, -0.1) is 0 Å². The lowest BCUT2D eigenvalue weighted by Gasteiger charge is -2.20. The minimum atomic E-state index is -0.0123. The molecule has 1 aliphatic heterocycles. The molecule has 3 atom stereocenters. The Balaban J connectivity index is 1.77. The summed E-state index contributed by atoms with van der Waals surface area (Å²) in [6.07, 6.45) is 5.01. The SMILES string of the molecule is CCC(N)CC(=O)NC1CCOC1C1CC1. The molecule has 0 aromatic rings. The number of hydrogen-bond donors (Lipinski definition) is 2. The fourth-order valence-corrected chi connectivity index (χ4v) is 2.30. The first-order valence-corrected chi connectivity index (χ1v) is 6.37. The van der Waals surface area contributed by atoms with Gasteiger partial charge in [-0.05, 0) is 31.6 Å². The van der Waals surface area contributed by atoms with E-state index in [1.165, 1.54) is 12.8 Å². The highest BCUT2D eigenvalue weighted by atomic mass is 16.5. The van der Waals surface area contributed by atoms with Crippen LogP contribution >= 0.6 is 0 Å². The van der Waals surface area contributed by atoms with E-state index >= 15 is 0 Å². The lowest BCUT2D eigenvalue weighted by molar-refractivity contribution is -0.122. The molecule has 4 heteroatoms. The van der Waals surface area contributed by atoms with Crippen molar-refractivity contribution in [1.82, 2.24) is 5.32 Å². The van der Waals surface area contributed by atoms with Crippen molar-refractivity contribution >= 4 is 5.91 Å². The van der Waals surface area contributed by atoms with Gasteiger partial charge in [0.1, 0.15) is 0 Å². The third-order valence-corrected chi connectivity index (χ3v) is 3.54. The predicted octanol–water partition coefficient (Wildman–Crippen LogP) is 0.797. The maximum atomic E-state index is 11.7. The van der Waals surface area contributed by atoms with Crippen molar-refractivity contribution < 1.29 is 9.53 Å². The average molecular weight is 226 g/mol. The van der Waals surface area contributed by atoms with Crippen LogP contribution in [-0.2, 0) is 9.53 Å². The van der Waals surface area contributed by atoms with Crippen molar-refractivity contribution in [2.75, 3.05) is 6.61 Å². The second-order valence-electron chi connectivity index (χ2n) is 5.01. The fourth-order valence-electron chi connectivity index (χ4n) is 2.30. The van der Waals surface area contributed by atoms with Crippen molar-refractivity contribution in [2.45, 2.75) is 57.2 Å². The summed E-state index contributed by atoms with van der Waals surface area (Å²) in [4.78, 5) is 11.7. The molecule has 3 unspecified atom stereocenters. The van der Waals surface area contributed by atoms with Crippen LogP contribution in [0, 0.1) is 5.92 Å². The van der Waals surface area contributed by atoms with Gasteiger partial charge < -0.3 is 15.8 Å². The Bertz CT molecular complexity index is 253. The molecular formula is C12H22N2O2. The Morgan fingerprint density at radius 2 is 2.25 bits per heavy atom. The van der Waals surface area contributed by atoms with Gasteiger partial charge in [-0.1, -0.05) is 6.92 Å². The summed E-state index contributed by atoms with van der Waals surface area (Å²) in [6, 6.07) is 0.214. The third-order valence-electron chi connectivity index (χ3n) is 3.54. The monoisotopic (exact) mass is 226 g/mol. The lowest BCUT2D eigenvalue weighted by atomic mass is 10.1. The molecule has 4 nitrogen and oxygen atoms in total. The number of carbonyl (C=O) groups excluding carboxylic acids is 1. The van der Waals surface area contributed by atoms with Gasteiger partial charge in [0.15, 0.2) is 0 Å². The van der Waals surface area contributed by atoms with Crippen molar-refractivity contribution in [3.8, 4) is 0 Å². The molecule has 0 radical (unpaired) electrons. The predicted molar refractivity (Wildman–Crippen MR) is 61.9 cm³/mol. The topological polar surface area (TPSA) is 64.4 Å². The van der Waals surface area contributed by atoms with Gasteiger partial charge in [-0.25, -0.2) is 0 Å². The molecule has 92 valence electrons. The van der Waals surface area contributed by atoms with Crippen LogP contribution in [-0.4, -0.2) is 30.7 Å². The number of rotatable bonds is 5. The van der Waals surface area contributed by atoms with Gasteiger partial charge in [0.05, 0.1) is 12.1 Å². The zero-order chi connectivity index (χ0) is 11.5. The van der Waals surface area contributed by atoms with E-state index in [2.05, 4.69) is 5.32 Å². The Morgan fingerprint density at radius 3 is 2.88 bits per heavy atom. The maximum absolute atomic E-state index is 11.7. The molecule has 2 fully saturated rings.